The van der Waals surface area contributed by atoms with Crippen molar-refractivity contribution in [2.75, 3.05) is 11.9 Å². The van der Waals surface area contributed by atoms with E-state index in [1.54, 1.807) is 6.92 Å². The number of halogens is 3. The summed E-state index contributed by atoms with van der Waals surface area (Å²) in [6.07, 6.45) is 0.286. The van der Waals surface area contributed by atoms with Crippen LogP contribution in [-0.2, 0) is 14.6 Å². The molecule has 0 fully saturated rings. The third-order valence-electron chi connectivity index (χ3n) is 3.00. The summed E-state index contributed by atoms with van der Waals surface area (Å²) >= 11 is 0. The average molecular weight is 325 g/mol. The first-order chi connectivity index (χ1) is 9.52. The van der Waals surface area contributed by atoms with Gasteiger partial charge < -0.3 is 10.0 Å². The van der Waals surface area contributed by atoms with Crippen molar-refractivity contribution in [3.8, 4) is 0 Å². The Kier molecular flexibility index (Phi) is 4.87. The first-order valence-corrected chi connectivity index (χ1v) is 7.37. The quantitative estimate of drug-likeness (QED) is 0.899. The molecule has 0 aliphatic carbocycles. The second-order valence-electron chi connectivity index (χ2n) is 4.32. The number of benzene rings is 1. The van der Waals surface area contributed by atoms with Crippen molar-refractivity contribution in [1.29, 1.82) is 0 Å². The Labute approximate surface area is 119 Å². The summed E-state index contributed by atoms with van der Waals surface area (Å²) in [4.78, 5) is 11.5. The van der Waals surface area contributed by atoms with Crippen molar-refractivity contribution >= 4 is 21.5 Å². The molecule has 0 amide bonds. The first-order valence-electron chi connectivity index (χ1n) is 5.89. The zero-order valence-electron chi connectivity index (χ0n) is 11.3. The maximum absolute atomic E-state index is 12.4. The number of hydrogen-bond acceptors (Lipinski definition) is 4. The van der Waals surface area contributed by atoms with Crippen LogP contribution >= 0.6 is 0 Å². The topological polar surface area (TPSA) is 74.7 Å². The lowest BCUT2D eigenvalue weighted by Gasteiger charge is -2.26. The molecule has 0 bridgehead atoms. The highest BCUT2D eigenvalue weighted by Gasteiger charge is 2.46. The molecule has 1 atom stereocenters. The van der Waals surface area contributed by atoms with E-state index in [1.165, 1.54) is 11.9 Å². The molecule has 0 spiro atoms. The van der Waals surface area contributed by atoms with Gasteiger partial charge in [-0.25, -0.2) is 13.2 Å². The Morgan fingerprint density at radius 2 is 1.76 bits per heavy atom. The Hall–Kier alpha value is -1.77. The molecule has 1 aromatic carbocycles. The summed E-state index contributed by atoms with van der Waals surface area (Å²) in [5, 5.41) is 9.01. The van der Waals surface area contributed by atoms with Gasteiger partial charge in [0.15, 0.2) is 0 Å². The minimum Gasteiger partial charge on any atom is -0.480 e. The van der Waals surface area contributed by atoms with Crippen molar-refractivity contribution in [1.82, 2.24) is 0 Å². The van der Waals surface area contributed by atoms with Gasteiger partial charge in [0.05, 0.1) is 4.90 Å². The number of likely N-dealkylation sites (N-methyl/N-ethyl adjacent to an activating group) is 1. The lowest BCUT2D eigenvalue weighted by atomic mass is 10.2. The van der Waals surface area contributed by atoms with E-state index in [0.717, 1.165) is 24.3 Å². The van der Waals surface area contributed by atoms with Gasteiger partial charge in [0.25, 0.3) is 9.84 Å². The van der Waals surface area contributed by atoms with Crippen molar-refractivity contribution in [3.05, 3.63) is 24.3 Å². The Morgan fingerprint density at radius 1 is 1.29 bits per heavy atom. The standard InChI is InChI=1S/C12H14F3NO4S/c1-3-10(11(17)18)16(2)8-4-6-9(7-5-8)21(19,20)12(13,14)15/h4-7,10H,3H2,1-2H3,(H,17,18). The predicted molar refractivity (Wildman–Crippen MR) is 69.8 cm³/mol. The fourth-order valence-corrected chi connectivity index (χ4v) is 2.55. The average Bonchev–Trinajstić information content (AvgIpc) is 2.37. The van der Waals surface area contributed by atoms with Gasteiger partial charge in [-0.1, -0.05) is 6.92 Å². The minimum absolute atomic E-state index is 0.286. The van der Waals surface area contributed by atoms with E-state index >= 15 is 0 Å². The predicted octanol–water partition coefficient (Wildman–Crippen LogP) is 2.28. The second-order valence-corrected chi connectivity index (χ2v) is 6.26. The fraction of sp³-hybridized carbons (Fsp3) is 0.417. The van der Waals surface area contributed by atoms with Gasteiger partial charge in [0, 0.05) is 12.7 Å². The van der Waals surface area contributed by atoms with Gasteiger partial charge in [-0.2, -0.15) is 13.2 Å². The lowest BCUT2D eigenvalue weighted by Crippen LogP contribution is -2.37. The summed E-state index contributed by atoms with van der Waals surface area (Å²) < 4.78 is 59.6. The zero-order valence-corrected chi connectivity index (χ0v) is 12.1. The van der Waals surface area contributed by atoms with Crippen LogP contribution in [0.3, 0.4) is 0 Å². The number of carboxylic acid groups (broad SMARTS) is 1. The molecule has 0 saturated carbocycles. The van der Waals surface area contributed by atoms with Crippen LogP contribution in [0.15, 0.2) is 29.2 Å². The molecule has 118 valence electrons. The highest BCUT2D eigenvalue weighted by atomic mass is 32.2. The molecule has 0 saturated heterocycles. The number of hydrogen-bond donors (Lipinski definition) is 1. The summed E-state index contributed by atoms with van der Waals surface area (Å²) in [6, 6.07) is 3.05. The van der Waals surface area contributed by atoms with Crippen LogP contribution in [0, 0.1) is 0 Å². The van der Waals surface area contributed by atoms with E-state index in [1.807, 2.05) is 0 Å². The third kappa shape index (κ3) is 3.46. The smallest absolute Gasteiger partial charge is 0.480 e. The number of rotatable bonds is 5. The van der Waals surface area contributed by atoms with Gasteiger partial charge >= 0.3 is 11.5 Å². The number of aliphatic carboxylic acids is 1. The summed E-state index contributed by atoms with van der Waals surface area (Å²) in [5.74, 6) is -1.08. The Balaban J connectivity index is 3.12. The van der Waals surface area contributed by atoms with Crippen LogP contribution in [-0.4, -0.2) is 38.1 Å². The van der Waals surface area contributed by atoms with Gasteiger partial charge in [-0.3, -0.25) is 0 Å². The largest absolute Gasteiger partial charge is 0.501 e. The van der Waals surface area contributed by atoms with E-state index in [4.69, 9.17) is 5.11 Å². The molecule has 0 heterocycles. The Morgan fingerprint density at radius 3 is 2.10 bits per heavy atom. The maximum Gasteiger partial charge on any atom is 0.501 e. The molecular formula is C12H14F3NO4S. The van der Waals surface area contributed by atoms with Gasteiger partial charge in [0.1, 0.15) is 6.04 Å². The molecule has 0 aliphatic heterocycles. The summed E-state index contributed by atoms with van der Waals surface area (Å²) in [7, 11) is -3.93. The fourth-order valence-electron chi connectivity index (χ4n) is 1.79. The van der Waals surface area contributed by atoms with Crippen molar-refractivity contribution in [2.24, 2.45) is 0 Å². The second kappa shape index (κ2) is 5.92. The number of carboxylic acids is 1. The van der Waals surface area contributed by atoms with E-state index < -0.39 is 32.3 Å². The summed E-state index contributed by atoms with van der Waals surface area (Å²) in [5.41, 5.74) is -5.06. The SMILES string of the molecule is CCC(C(=O)O)N(C)c1ccc(S(=O)(=O)C(F)(F)F)cc1. The molecule has 1 rings (SSSR count). The van der Waals surface area contributed by atoms with Crippen LogP contribution in [0.2, 0.25) is 0 Å². The molecule has 0 aromatic heterocycles. The van der Waals surface area contributed by atoms with Crippen LogP contribution in [0.4, 0.5) is 18.9 Å². The molecule has 1 unspecified atom stereocenters. The molecule has 0 aliphatic rings. The van der Waals surface area contributed by atoms with Crippen LogP contribution < -0.4 is 4.90 Å². The number of carbonyl (C=O) groups is 1. The lowest BCUT2D eigenvalue weighted by molar-refractivity contribution is -0.138. The van der Waals surface area contributed by atoms with Crippen molar-refractivity contribution in [3.63, 3.8) is 0 Å². The molecule has 21 heavy (non-hydrogen) atoms. The molecule has 1 N–H and O–H groups in total. The van der Waals surface area contributed by atoms with Crippen molar-refractivity contribution in [2.45, 2.75) is 29.8 Å². The van der Waals surface area contributed by atoms with Crippen LogP contribution in [0.1, 0.15) is 13.3 Å². The third-order valence-corrected chi connectivity index (χ3v) is 4.50. The van der Waals surface area contributed by atoms with E-state index in [-0.39, 0.29) is 6.42 Å². The van der Waals surface area contributed by atoms with Gasteiger partial charge in [0.2, 0.25) is 0 Å². The highest BCUT2D eigenvalue weighted by molar-refractivity contribution is 7.92. The van der Waals surface area contributed by atoms with Crippen LogP contribution in [0.5, 0.6) is 0 Å². The van der Waals surface area contributed by atoms with Gasteiger partial charge in [-0.05, 0) is 30.7 Å². The number of sulfone groups is 1. The van der Waals surface area contributed by atoms with E-state index in [2.05, 4.69) is 0 Å². The first kappa shape index (κ1) is 17.3. The molecular weight excluding hydrogens is 311 g/mol. The van der Waals surface area contributed by atoms with E-state index in [9.17, 15) is 26.4 Å². The number of nitrogens with zero attached hydrogens (tertiary/aromatic N) is 1. The number of anilines is 1. The number of alkyl halides is 3. The normalized spacial score (nSPS) is 13.8. The molecule has 0 radical (unpaired) electrons. The zero-order chi connectivity index (χ0) is 16.4. The molecule has 5 nitrogen and oxygen atoms in total. The van der Waals surface area contributed by atoms with Gasteiger partial charge in [-0.15, -0.1) is 0 Å². The van der Waals surface area contributed by atoms with E-state index in [0.29, 0.717) is 5.69 Å². The summed E-state index contributed by atoms with van der Waals surface area (Å²) in [6.45, 7) is 1.65. The van der Waals surface area contributed by atoms with Crippen LogP contribution in [0.25, 0.3) is 0 Å². The highest BCUT2D eigenvalue weighted by Crippen LogP contribution is 2.31. The minimum atomic E-state index is -5.40. The maximum atomic E-state index is 12.4. The Bertz CT molecular complexity index is 610. The monoisotopic (exact) mass is 325 g/mol. The molecule has 9 heteroatoms. The van der Waals surface area contributed by atoms with Crippen molar-refractivity contribution < 1.29 is 31.5 Å². The molecule has 1 aromatic rings.